The third-order valence-electron chi connectivity index (χ3n) is 4.96. The van der Waals surface area contributed by atoms with Crippen LogP contribution in [0.1, 0.15) is 40.5 Å². The quantitative estimate of drug-likeness (QED) is 0.187. The van der Waals surface area contributed by atoms with Gasteiger partial charge in [0, 0.05) is 19.7 Å². The monoisotopic (exact) mass is 432 g/mol. The van der Waals surface area contributed by atoms with E-state index in [1.165, 1.54) is 20.2 Å². The molecule has 0 saturated heterocycles. The number of hydrogen-bond acceptors (Lipinski definition) is 6. The maximum Gasteiger partial charge on any atom is 0.240 e. The Hall–Kier alpha value is -2.87. The standard InChI is InChI=1S/C23H36N4O4/c1-7-8-9-10-11-12-15-26-18(13-14-19(24)29)21(30)23(4,16-28)27(6)22(31)20(25-5)17(2)3/h7-12,15-18,20,25H,13-14H2,1-6H3,(H2,24,29)/b8-7+,10-9+,12-11+,26-15+/t18-,20-,23-/m0/s1. The minimum absolute atomic E-state index is 0.0397. The van der Waals surface area contributed by atoms with Crippen molar-refractivity contribution in [1.82, 2.24) is 10.2 Å². The summed E-state index contributed by atoms with van der Waals surface area (Å²) >= 11 is 0. The molecule has 0 bridgehead atoms. The third-order valence-corrected chi connectivity index (χ3v) is 4.96. The number of rotatable bonds is 14. The van der Waals surface area contributed by atoms with Gasteiger partial charge in [0.25, 0.3) is 0 Å². The molecule has 0 heterocycles. The van der Waals surface area contributed by atoms with Gasteiger partial charge in [0.05, 0.1) is 6.04 Å². The van der Waals surface area contributed by atoms with Gasteiger partial charge in [-0.3, -0.25) is 19.4 Å². The van der Waals surface area contributed by atoms with Crippen LogP contribution in [0.2, 0.25) is 0 Å². The Morgan fingerprint density at radius 1 is 1.13 bits per heavy atom. The number of nitrogens with two attached hydrogens (primary N) is 1. The highest BCUT2D eigenvalue weighted by atomic mass is 16.2. The molecule has 0 aromatic heterocycles. The predicted octanol–water partition coefficient (Wildman–Crippen LogP) is 1.61. The maximum atomic E-state index is 13.3. The molecular formula is C23H36N4O4. The largest absolute Gasteiger partial charge is 0.370 e. The second-order valence-corrected chi connectivity index (χ2v) is 7.65. The van der Waals surface area contributed by atoms with Crippen LogP contribution in [-0.2, 0) is 19.2 Å². The van der Waals surface area contributed by atoms with Crippen molar-refractivity contribution >= 4 is 30.1 Å². The molecule has 0 spiro atoms. The van der Waals surface area contributed by atoms with Crippen LogP contribution in [0.15, 0.2) is 41.4 Å². The van der Waals surface area contributed by atoms with Crippen molar-refractivity contribution in [2.24, 2.45) is 16.6 Å². The Morgan fingerprint density at radius 3 is 2.19 bits per heavy atom. The van der Waals surface area contributed by atoms with E-state index >= 15 is 0 Å². The highest BCUT2D eigenvalue weighted by Gasteiger charge is 2.44. The molecule has 0 rings (SSSR count). The zero-order chi connectivity index (χ0) is 24.0. The van der Waals surface area contributed by atoms with Gasteiger partial charge < -0.3 is 20.7 Å². The van der Waals surface area contributed by atoms with Crippen LogP contribution in [0.4, 0.5) is 0 Å². The van der Waals surface area contributed by atoms with Crippen LogP contribution in [0.25, 0.3) is 0 Å². The van der Waals surface area contributed by atoms with Gasteiger partial charge in [0.15, 0.2) is 17.6 Å². The van der Waals surface area contributed by atoms with E-state index in [4.69, 9.17) is 5.73 Å². The van der Waals surface area contributed by atoms with Gasteiger partial charge >= 0.3 is 0 Å². The zero-order valence-corrected chi connectivity index (χ0v) is 19.4. The number of nitrogens with zero attached hydrogens (tertiary/aromatic N) is 2. The molecule has 0 aliphatic rings. The molecule has 3 atom stereocenters. The summed E-state index contributed by atoms with van der Waals surface area (Å²) in [5, 5.41) is 2.92. The Morgan fingerprint density at radius 2 is 1.71 bits per heavy atom. The molecule has 172 valence electrons. The van der Waals surface area contributed by atoms with Gasteiger partial charge in [-0.25, -0.2) is 0 Å². The fourth-order valence-electron chi connectivity index (χ4n) is 2.88. The third kappa shape index (κ3) is 8.80. The predicted molar refractivity (Wildman–Crippen MR) is 124 cm³/mol. The molecule has 0 aromatic rings. The highest BCUT2D eigenvalue weighted by molar-refractivity contribution is 6.08. The summed E-state index contributed by atoms with van der Waals surface area (Å²) in [4.78, 5) is 54.8. The first-order chi connectivity index (χ1) is 14.6. The fourth-order valence-corrected chi connectivity index (χ4v) is 2.88. The van der Waals surface area contributed by atoms with Crippen molar-refractivity contribution in [1.29, 1.82) is 0 Å². The average Bonchev–Trinajstić information content (AvgIpc) is 2.73. The number of Topliss-reactive ketones (excluding diaryl/α,β-unsaturated/α-hetero) is 1. The SMILES string of the molecule is C/C=C/C=C/C=C/C=N/[C@@H](CCC(N)=O)C(=O)[C@](C)(C=O)N(C)C(=O)[C@@H](NC)C(C)C. The molecule has 0 aliphatic heterocycles. The van der Waals surface area contributed by atoms with Crippen molar-refractivity contribution in [3.63, 3.8) is 0 Å². The van der Waals surface area contributed by atoms with E-state index in [9.17, 15) is 19.2 Å². The van der Waals surface area contributed by atoms with E-state index in [-0.39, 0.29) is 24.7 Å². The molecule has 0 saturated carbocycles. The van der Waals surface area contributed by atoms with Crippen LogP contribution in [-0.4, -0.2) is 66.7 Å². The van der Waals surface area contributed by atoms with E-state index in [1.807, 2.05) is 39.0 Å². The van der Waals surface area contributed by atoms with E-state index in [0.717, 1.165) is 4.90 Å². The Labute approximate surface area is 185 Å². The first-order valence-corrected chi connectivity index (χ1v) is 10.3. The molecule has 31 heavy (non-hydrogen) atoms. The number of carbonyl (C=O) groups excluding carboxylic acids is 4. The summed E-state index contributed by atoms with van der Waals surface area (Å²) < 4.78 is 0. The Balaban J connectivity index is 5.79. The van der Waals surface area contributed by atoms with E-state index in [1.54, 1.807) is 25.3 Å². The zero-order valence-electron chi connectivity index (χ0n) is 19.4. The lowest BCUT2D eigenvalue weighted by atomic mass is 9.88. The number of aldehydes is 1. The molecule has 2 amide bonds. The van der Waals surface area contributed by atoms with Crippen molar-refractivity contribution in [2.45, 2.75) is 58.2 Å². The number of aliphatic imine (C=N–C) groups is 1. The van der Waals surface area contributed by atoms with Gasteiger partial charge in [-0.2, -0.15) is 0 Å². The van der Waals surface area contributed by atoms with Gasteiger partial charge in [-0.05, 0) is 39.3 Å². The van der Waals surface area contributed by atoms with Gasteiger partial charge in [0.1, 0.15) is 6.04 Å². The van der Waals surface area contributed by atoms with E-state index in [2.05, 4.69) is 10.3 Å². The molecule has 0 aliphatic carbocycles. The Kier molecular flexibility index (Phi) is 12.9. The lowest BCUT2D eigenvalue weighted by Gasteiger charge is -2.37. The molecule has 0 radical (unpaired) electrons. The highest BCUT2D eigenvalue weighted by Crippen LogP contribution is 2.21. The van der Waals surface area contributed by atoms with Gasteiger partial charge in [-0.15, -0.1) is 0 Å². The summed E-state index contributed by atoms with van der Waals surface area (Å²) in [7, 11) is 3.07. The molecule has 0 fully saturated rings. The van der Waals surface area contributed by atoms with E-state index in [0.29, 0.717) is 6.29 Å². The lowest BCUT2D eigenvalue weighted by molar-refractivity contribution is -0.149. The Bertz CT molecular complexity index is 740. The topological polar surface area (TPSA) is 122 Å². The van der Waals surface area contributed by atoms with E-state index < -0.39 is 29.3 Å². The van der Waals surface area contributed by atoms with Gasteiger partial charge in [0.2, 0.25) is 11.8 Å². The number of allylic oxidation sites excluding steroid dienone is 6. The first kappa shape index (κ1) is 28.1. The fraction of sp³-hybridized carbons (Fsp3) is 0.522. The van der Waals surface area contributed by atoms with Crippen LogP contribution < -0.4 is 11.1 Å². The second kappa shape index (κ2) is 14.2. The number of ketones is 1. The van der Waals surface area contributed by atoms with Crippen molar-refractivity contribution in [2.75, 3.05) is 14.1 Å². The number of likely N-dealkylation sites (N-methyl/N-ethyl adjacent to an activating group) is 2. The number of amides is 2. The number of nitrogens with one attached hydrogen (secondary N) is 1. The summed E-state index contributed by atoms with van der Waals surface area (Å²) in [6, 6.07) is -1.56. The summed E-state index contributed by atoms with van der Waals surface area (Å²) in [5.74, 6) is -1.58. The number of carbonyl (C=O) groups is 4. The molecule has 3 N–H and O–H groups in total. The van der Waals surface area contributed by atoms with Crippen LogP contribution >= 0.6 is 0 Å². The summed E-state index contributed by atoms with van der Waals surface area (Å²) in [6.45, 7) is 7.01. The molecule has 0 aromatic carbocycles. The van der Waals surface area contributed by atoms with Crippen molar-refractivity contribution in [3.05, 3.63) is 36.5 Å². The summed E-state index contributed by atoms with van der Waals surface area (Å²) in [6.07, 6.45) is 12.6. The smallest absolute Gasteiger partial charge is 0.240 e. The minimum Gasteiger partial charge on any atom is -0.370 e. The molecule has 8 nitrogen and oxygen atoms in total. The number of primary amides is 1. The molecule has 8 heteroatoms. The first-order valence-electron chi connectivity index (χ1n) is 10.3. The maximum absolute atomic E-state index is 13.3. The normalized spacial score (nSPS) is 16.2. The minimum atomic E-state index is -1.74. The number of hydrogen-bond donors (Lipinski definition) is 2. The second-order valence-electron chi connectivity index (χ2n) is 7.65. The average molecular weight is 433 g/mol. The van der Waals surface area contributed by atoms with Crippen LogP contribution in [0.5, 0.6) is 0 Å². The lowest BCUT2D eigenvalue weighted by Crippen LogP contribution is -2.61. The molecular weight excluding hydrogens is 396 g/mol. The molecule has 0 unspecified atom stereocenters. The van der Waals surface area contributed by atoms with Crippen LogP contribution in [0, 0.1) is 5.92 Å². The van der Waals surface area contributed by atoms with Crippen LogP contribution in [0.3, 0.4) is 0 Å². The van der Waals surface area contributed by atoms with Gasteiger partial charge in [-0.1, -0.05) is 44.2 Å². The summed E-state index contributed by atoms with van der Waals surface area (Å²) in [5.41, 5.74) is 3.49. The van der Waals surface area contributed by atoms with Crippen molar-refractivity contribution in [3.8, 4) is 0 Å². The van der Waals surface area contributed by atoms with Crippen molar-refractivity contribution < 1.29 is 19.2 Å².